The summed E-state index contributed by atoms with van der Waals surface area (Å²) in [6.45, 7) is 0. The summed E-state index contributed by atoms with van der Waals surface area (Å²) in [5, 5.41) is 0.427. The second-order valence-electron chi connectivity index (χ2n) is 3.21. The fraction of sp³-hybridized carbons (Fsp3) is 0. The van der Waals surface area contributed by atoms with Gasteiger partial charge in [0.05, 0.1) is 10.4 Å². The first-order valence-corrected chi connectivity index (χ1v) is 4.73. The zero-order valence-electron chi connectivity index (χ0n) is 8.36. The van der Waals surface area contributed by atoms with Crippen molar-refractivity contribution in [2.75, 3.05) is 0 Å². The van der Waals surface area contributed by atoms with Crippen molar-refractivity contribution < 1.29 is 9.59 Å². The van der Waals surface area contributed by atoms with Gasteiger partial charge in [-0.25, -0.2) is 9.59 Å². The van der Waals surface area contributed by atoms with Gasteiger partial charge in [-0.2, -0.15) is 0 Å². The second kappa shape index (κ2) is 4.41. The number of carbonyl (C=O) groups excluding carboxylic acids is 2. The predicted octanol–water partition coefficient (Wildman–Crippen LogP) is 0.160. The molecule has 0 unspecified atom stereocenters. The fourth-order valence-corrected chi connectivity index (χ4v) is 1.52. The number of benzene rings is 2. The maximum absolute atomic E-state index is 10.9. The molecular weight excluding hydrogens is 200 g/mol. The van der Waals surface area contributed by atoms with Crippen LogP contribution in [-0.4, -0.2) is 11.9 Å². The summed E-state index contributed by atoms with van der Waals surface area (Å²) >= 11 is 0. The van der Waals surface area contributed by atoms with E-state index in [0.29, 0.717) is 5.56 Å². The van der Waals surface area contributed by atoms with Gasteiger partial charge in [-0.1, -0.05) is 36.4 Å². The van der Waals surface area contributed by atoms with Crippen LogP contribution in [0.4, 0.5) is 0 Å². The topological polar surface area (TPSA) is 34.1 Å². The van der Waals surface area contributed by atoms with Gasteiger partial charge in [0.2, 0.25) is 0 Å². The van der Waals surface area contributed by atoms with Gasteiger partial charge in [0.25, 0.3) is 0 Å². The van der Waals surface area contributed by atoms with Crippen molar-refractivity contribution in [3.8, 4) is 11.1 Å². The average molecular weight is 207 g/mol. The SMILES string of the molecule is O=C=c1cc[c]c(-c2ccccc2)c1=C=O. The summed E-state index contributed by atoms with van der Waals surface area (Å²) < 4.78 is 0. The Hall–Kier alpha value is -2.40. The van der Waals surface area contributed by atoms with Crippen LogP contribution in [0.5, 0.6) is 0 Å². The molecule has 0 aliphatic rings. The van der Waals surface area contributed by atoms with Crippen molar-refractivity contribution in [1.29, 1.82) is 0 Å². The van der Waals surface area contributed by atoms with Crippen LogP contribution < -0.4 is 10.4 Å². The third kappa shape index (κ3) is 1.71. The Balaban J connectivity index is 2.89. The van der Waals surface area contributed by atoms with E-state index in [9.17, 15) is 9.59 Å². The Morgan fingerprint density at radius 3 is 2.31 bits per heavy atom. The van der Waals surface area contributed by atoms with Gasteiger partial charge in [-0.3, -0.25) is 0 Å². The van der Waals surface area contributed by atoms with Crippen molar-refractivity contribution in [3.05, 3.63) is 59.0 Å². The summed E-state index contributed by atoms with van der Waals surface area (Å²) in [6, 6.07) is 15.3. The van der Waals surface area contributed by atoms with Crippen LogP contribution in [0.1, 0.15) is 0 Å². The highest BCUT2D eigenvalue weighted by molar-refractivity contribution is 5.70. The lowest BCUT2D eigenvalue weighted by molar-refractivity contribution is 0.564. The molecule has 2 nitrogen and oxygen atoms in total. The fourth-order valence-electron chi connectivity index (χ4n) is 1.52. The first-order chi connectivity index (χ1) is 7.86. The van der Waals surface area contributed by atoms with Gasteiger partial charge in [-0.15, -0.1) is 0 Å². The Morgan fingerprint density at radius 1 is 0.938 bits per heavy atom. The lowest BCUT2D eigenvalue weighted by atomic mass is 10.0. The van der Waals surface area contributed by atoms with E-state index in [1.807, 2.05) is 30.3 Å². The third-order valence-corrected chi connectivity index (χ3v) is 2.27. The molecule has 0 bridgehead atoms. The van der Waals surface area contributed by atoms with Gasteiger partial charge in [0.1, 0.15) is 11.9 Å². The van der Waals surface area contributed by atoms with Gasteiger partial charge < -0.3 is 0 Å². The quantitative estimate of drug-likeness (QED) is 0.667. The third-order valence-electron chi connectivity index (χ3n) is 2.27. The first kappa shape index (κ1) is 10.1. The molecule has 0 atom stereocenters. The van der Waals surface area contributed by atoms with Crippen molar-refractivity contribution in [1.82, 2.24) is 0 Å². The second-order valence-corrected chi connectivity index (χ2v) is 3.21. The Kier molecular flexibility index (Phi) is 2.79. The standard InChI is InChI=1S/C14H7O2/c15-9-12-7-4-8-13(14(12)10-16)11-5-2-1-3-6-11/h1-7H. The maximum atomic E-state index is 10.9. The van der Waals surface area contributed by atoms with E-state index in [1.54, 1.807) is 17.9 Å². The number of hydrogen-bond acceptors (Lipinski definition) is 2. The minimum Gasteiger partial charge on any atom is -0.233 e. The minimum atomic E-state index is 0.212. The van der Waals surface area contributed by atoms with E-state index in [2.05, 4.69) is 6.07 Å². The molecule has 0 aromatic heterocycles. The van der Waals surface area contributed by atoms with Gasteiger partial charge in [0, 0.05) is 5.56 Å². The highest BCUT2D eigenvalue weighted by Gasteiger charge is 2.01. The normalized spacial score (nSPS) is 9.25. The molecule has 75 valence electrons. The monoisotopic (exact) mass is 207 g/mol. The highest BCUT2D eigenvalue weighted by Crippen LogP contribution is 2.11. The van der Waals surface area contributed by atoms with Crippen LogP contribution in [0.2, 0.25) is 0 Å². The number of hydrogen-bond donors (Lipinski definition) is 0. The first-order valence-electron chi connectivity index (χ1n) is 4.73. The molecule has 2 heteroatoms. The molecular formula is C14H7O2. The molecule has 0 N–H and O–H groups in total. The molecule has 2 aromatic carbocycles. The largest absolute Gasteiger partial charge is 0.233 e. The summed E-state index contributed by atoms with van der Waals surface area (Å²) in [4.78, 5) is 21.5. The van der Waals surface area contributed by atoms with Gasteiger partial charge in [0.15, 0.2) is 0 Å². The summed E-state index contributed by atoms with van der Waals surface area (Å²) in [6.07, 6.45) is 0. The number of rotatable bonds is 1. The van der Waals surface area contributed by atoms with Gasteiger partial charge >= 0.3 is 0 Å². The van der Waals surface area contributed by atoms with E-state index < -0.39 is 0 Å². The maximum Gasteiger partial charge on any atom is 0.134 e. The zero-order valence-corrected chi connectivity index (χ0v) is 8.36. The van der Waals surface area contributed by atoms with Crippen LogP contribution in [0.3, 0.4) is 0 Å². The summed E-state index contributed by atoms with van der Waals surface area (Å²) in [5.74, 6) is 3.49. The van der Waals surface area contributed by atoms with E-state index in [4.69, 9.17) is 0 Å². The molecule has 0 aliphatic carbocycles. The molecule has 2 rings (SSSR count). The molecule has 2 aromatic rings. The Morgan fingerprint density at radius 2 is 1.69 bits per heavy atom. The molecule has 0 heterocycles. The molecule has 1 radical (unpaired) electrons. The van der Waals surface area contributed by atoms with E-state index in [1.165, 1.54) is 6.07 Å². The van der Waals surface area contributed by atoms with E-state index in [-0.39, 0.29) is 10.4 Å². The van der Waals surface area contributed by atoms with Crippen molar-refractivity contribution in [2.45, 2.75) is 0 Å². The Bertz CT molecular complexity index is 662. The van der Waals surface area contributed by atoms with Crippen molar-refractivity contribution in [2.24, 2.45) is 0 Å². The molecule has 0 spiro atoms. The van der Waals surface area contributed by atoms with E-state index in [0.717, 1.165) is 5.56 Å². The molecule has 0 saturated heterocycles. The molecule has 0 amide bonds. The van der Waals surface area contributed by atoms with Crippen LogP contribution in [0.25, 0.3) is 11.1 Å². The molecule has 16 heavy (non-hydrogen) atoms. The van der Waals surface area contributed by atoms with Crippen molar-refractivity contribution >= 4 is 11.9 Å². The van der Waals surface area contributed by atoms with Crippen LogP contribution in [-0.2, 0) is 9.59 Å². The average Bonchev–Trinajstić information content (AvgIpc) is 2.38. The highest BCUT2D eigenvalue weighted by atomic mass is 16.1. The minimum absolute atomic E-state index is 0.212. The van der Waals surface area contributed by atoms with Crippen molar-refractivity contribution in [3.63, 3.8) is 0 Å². The molecule has 0 aliphatic heterocycles. The van der Waals surface area contributed by atoms with Crippen LogP contribution in [0.15, 0.2) is 42.5 Å². The Labute approximate surface area is 92.2 Å². The lowest BCUT2D eigenvalue weighted by Gasteiger charge is -1.99. The predicted molar refractivity (Wildman–Crippen MR) is 59.6 cm³/mol. The van der Waals surface area contributed by atoms with Crippen LogP contribution >= 0.6 is 0 Å². The molecule has 0 saturated carbocycles. The summed E-state index contributed by atoms with van der Waals surface area (Å²) in [5.41, 5.74) is 1.41. The van der Waals surface area contributed by atoms with Gasteiger partial charge in [-0.05, 0) is 17.7 Å². The lowest BCUT2D eigenvalue weighted by Crippen LogP contribution is -2.29. The van der Waals surface area contributed by atoms with E-state index >= 15 is 0 Å². The van der Waals surface area contributed by atoms with Crippen LogP contribution in [0, 0.1) is 6.07 Å². The summed E-state index contributed by atoms with van der Waals surface area (Å²) in [7, 11) is 0. The molecule has 0 fully saturated rings. The zero-order chi connectivity index (χ0) is 11.4. The smallest absolute Gasteiger partial charge is 0.134 e.